The zero-order valence-corrected chi connectivity index (χ0v) is 16.7. The van der Waals surface area contributed by atoms with Gasteiger partial charge < -0.3 is 0 Å². The molecule has 140 valence electrons. The van der Waals surface area contributed by atoms with E-state index >= 15 is 0 Å². The smallest absolute Gasteiger partial charge is 0.196 e. The number of hydrogen-bond acceptors (Lipinski definition) is 5. The first-order valence-electron chi connectivity index (χ1n) is 9.22. The normalized spacial score (nSPS) is 11.1. The average Bonchev–Trinajstić information content (AvgIpc) is 3.17. The molecule has 0 fully saturated rings. The van der Waals surface area contributed by atoms with Crippen molar-refractivity contribution in [2.45, 2.75) is 30.7 Å². The summed E-state index contributed by atoms with van der Waals surface area (Å²) in [6.45, 7) is 4.40. The molecular weight excluding hydrogens is 366 g/mol. The first-order valence-corrected chi connectivity index (χ1v) is 10.2. The van der Waals surface area contributed by atoms with Gasteiger partial charge in [0.2, 0.25) is 0 Å². The molecule has 5 nitrogen and oxygen atoms in total. The topological polar surface area (TPSA) is 56.5 Å². The summed E-state index contributed by atoms with van der Waals surface area (Å²) in [4.78, 5) is 8.68. The highest BCUT2D eigenvalue weighted by atomic mass is 32.2. The molecule has 0 radical (unpaired) electrons. The van der Waals surface area contributed by atoms with E-state index in [0.29, 0.717) is 5.92 Å². The summed E-state index contributed by atoms with van der Waals surface area (Å²) >= 11 is 1.64. The van der Waals surface area contributed by atoms with Crippen molar-refractivity contribution in [3.05, 3.63) is 84.4 Å². The van der Waals surface area contributed by atoms with E-state index in [1.807, 2.05) is 42.7 Å². The number of thioether (sulfide) groups is 1. The molecule has 0 atom stereocenters. The SMILES string of the molecule is CC(C)c1ccccc1-n1c(SCc2ccccn2)nnc1-c1cccnc1. The lowest BCUT2D eigenvalue weighted by Crippen LogP contribution is -2.05. The summed E-state index contributed by atoms with van der Waals surface area (Å²) in [5.41, 5.74) is 4.32. The van der Waals surface area contributed by atoms with E-state index < -0.39 is 0 Å². The maximum atomic E-state index is 4.51. The van der Waals surface area contributed by atoms with Crippen LogP contribution in [0.5, 0.6) is 0 Å². The molecule has 1 aromatic carbocycles. The van der Waals surface area contributed by atoms with Crippen LogP contribution in [0, 0.1) is 0 Å². The van der Waals surface area contributed by atoms with Gasteiger partial charge in [-0.3, -0.25) is 14.5 Å². The van der Waals surface area contributed by atoms with Gasteiger partial charge in [-0.05, 0) is 41.8 Å². The van der Waals surface area contributed by atoms with E-state index in [4.69, 9.17) is 0 Å². The molecule has 0 aliphatic heterocycles. The lowest BCUT2D eigenvalue weighted by Gasteiger charge is -2.16. The largest absolute Gasteiger partial charge is 0.270 e. The molecule has 0 bridgehead atoms. The van der Waals surface area contributed by atoms with Crippen LogP contribution in [-0.2, 0) is 5.75 Å². The van der Waals surface area contributed by atoms with Gasteiger partial charge >= 0.3 is 0 Å². The van der Waals surface area contributed by atoms with Crippen LogP contribution >= 0.6 is 11.8 Å². The number of hydrogen-bond donors (Lipinski definition) is 0. The molecule has 6 heteroatoms. The van der Waals surface area contributed by atoms with Crippen molar-refractivity contribution >= 4 is 11.8 Å². The number of benzene rings is 1. The molecule has 0 amide bonds. The quantitative estimate of drug-likeness (QED) is 0.429. The summed E-state index contributed by atoms with van der Waals surface area (Å²) in [6, 6.07) is 18.3. The Morgan fingerprint density at radius 3 is 2.54 bits per heavy atom. The summed E-state index contributed by atoms with van der Waals surface area (Å²) in [5.74, 6) is 1.91. The zero-order valence-electron chi connectivity index (χ0n) is 15.9. The van der Waals surface area contributed by atoms with Gasteiger partial charge in [-0.15, -0.1) is 10.2 Å². The second-order valence-electron chi connectivity index (χ2n) is 6.71. The molecule has 0 aliphatic carbocycles. The van der Waals surface area contributed by atoms with Crippen LogP contribution in [0.1, 0.15) is 31.0 Å². The van der Waals surface area contributed by atoms with Crippen molar-refractivity contribution in [1.29, 1.82) is 0 Å². The molecule has 28 heavy (non-hydrogen) atoms. The van der Waals surface area contributed by atoms with E-state index in [1.165, 1.54) is 5.56 Å². The maximum Gasteiger partial charge on any atom is 0.196 e. The number of aromatic nitrogens is 5. The predicted molar refractivity (Wildman–Crippen MR) is 112 cm³/mol. The van der Waals surface area contributed by atoms with E-state index in [-0.39, 0.29) is 0 Å². The van der Waals surface area contributed by atoms with Crippen LogP contribution in [0.15, 0.2) is 78.3 Å². The Bertz CT molecular complexity index is 1040. The van der Waals surface area contributed by atoms with Gasteiger partial charge in [0.25, 0.3) is 0 Å². The van der Waals surface area contributed by atoms with Crippen molar-refractivity contribution in [1.82, 2.24) is 24.7 Å². The summed E-state index contributed by atoms with van der Waals surface area (Å²) in [6.07, 6.45) is 5.41. The monoisotopic (exact) mass is 387 g/mol. The summed E-state index contributed by atoms with van der Waals surface area (Å²) in [5, 5.41) is 9.86. The minimum atomic E-state index is 0.383. The zero-order chi connectivity index (χ0) is 19.3. The number of para-hydroxylation sites is 1. The lowest BCUT2D eigenvalue weighted by atomic mass is 10.0. The van der Waals surface area contributed by atoms with Crippen molar-refractivity contribution in [2.24, 2.45) is 0 Å². The van der Waals surface area contributed by atoms with Crippen LogP contribution in [0.4, 0.5) is 0 Å². The van der Waals surface area contributed by atoms with Gasteiger partial charge in [0.05, 0.1) is 11.4 Å². The average molecular weight is 388 g/mol. The van der Waals surface area contributed by atoms with Gasteiger partial charge in [0, 0.05) is 29.9 Å². The highest BCUT2D eigenvalue weighted by molar-refractivity contribution is 7.98. The van der Waals surface area contributed by atoms with Crippen molar-refractivity contribution in [3.63, 3.8) is 0 Å². The molecule has 3 heterocycles. The molecular formula is C22H21N5S. The van der Waals surface area contributed by atoms with Gasteiger partial charge in [-0.1, -0.05) is 49.9 Å². The number of pyridine rings is 2. The number of nitrogens with zero attached hydrogens (tertiary/aromatic N) is 5. The van der Waals surface area contributed by atoms with Crippen LogP contribution in [0.2, 0.25) is 0 Å². The second kappa shape index (κ2) is 8.35. The van der Waals surface area contributed by atoms with Crippen LogP contribution < -0.4 is 0 Å². The Balaban J connectivity index is 1.81. The van der Waals surface area contributed by atoms with Gasteiger partial charge in [-0.2, -0.15) is 0 Å². The fraction of sp³-hybridized carbons (Fsp3) is 0.182. The Kier molecular flexibility index (Phi) is 5.48. The number of rotatable bonds is 6. The standard InChI is InChI=1S/C22H21N5S/c1-16(2)19-10-3-4-11-20(19)27-21(17-8-7-12-23-14-17)25-26-22(27)28-15-18-9-5-6-13-24-18/h3-14,16H,15H2,1-2H3. The Morgan fingerprint density at radius 1 is 0.929 bits per heavy atom. The van der Waals surface area contributed by atoms with Crippen molar-refractivity contribution in [2.75, 3.05) is 0 Å². The summed E-state index contributed by atoms with van der Waals surface area (Å²) < 4.78 is 2.14. The molecule has 4 aromatic rings. The van der Waals surface area contributed by atoms with E-state index in [2.05, 4.69) is 62.8 Å². The molecule has 0 N–H and O–H groups in total. The van der Waals surface area contributed by atoms with Crippen LogP contribution in [0.25, 0.3) is 17.1 Å². The van der Waals surface area contributed by atoms with Crippen molar-refractivity contribution < 1.29 is 0 Å². The molecule has 0 aliphatic rings. The van der Waals surface area contributed by atoms with Crippen LogP contribution in [-0.4, -0.2) is 24.7 Å². The molecule has 0 saturated heterocycles. The van der Waals surface area contributed by atoms with E-state index in [1.54, 1.807) is 18.0 Å². The maximum absolute atomic E-state index is 4.51. The summed E-state index contributed by atoms with van der Waals surface area (Å²) in [7, 11) is 0. The Hall–Kier alpha value is -2.99. The molecule has 0 unspecified atom stereocenters. The molecule has 4 rings (SSSR count). The molecule has 0 spiro atoms. The van der Waals surface area contributed by atoms with E-state index in [0.717, 1.165) is 33.7 Å². The molecule has 3 aromatic heterocycles. The highest BCUT2D eigenvalue weighted by Gasteiger charge is 2.19. The molecule has 0 saturated carbocycles. The fourth-order valence-corrected chi connectivity index (χ4v) is 3.92. The Morgan fingerprint density at radius 2 is 1.79 bits per heavy atom. The first-order chi connectivity index (χ1) is 13.7. The Labute approximate surface area is 168 Å². The van der Waals surface area contributed by atoms with Crippen molar-refractivity contribution in [3.8, 4) is 17.1 Å². The lowest BCUT2D eigenvalue weighted by molar-refractivity contribution is 0.818. The van der Waals surface area contributed by atoms with Gasteiger partial charge in [-0.25, -0.2) is 0 Å². The predicted octanol–water partition coefficient (Wildman–Crippen LogP) is 5.14. The van der Waals surface area contributed by atoms with Gasteiger partial charge in [0.15, 0.2) is 11.0 Å². The second-order valence-corrected chi connectivity index (χ2v) is 7.65. The van der Waals surface area contributed by atoms with Gasteiger partial charge in [0.1, 0.15) is 0 Å². The third kappa shape index (κ3) is 3.82. The first kappa shape index (κ1) is 18.4. The van der Waals surface area contributed by atoms with E-state index in [9.17, 15) is 0 Å². The fourth-order valence-electron chi connectivity index (χ4n) is 3.06. The minimum Gasteiger partial charge on any atom is -0.270 e. The van der Waals surface area contributed by atoms with Crippen LogP contribution in [0.3, 0.4) is 0 Å². The highest BCUT2D eigenvalue weighted by Crippen LogP contribution is 2.32. The minimum absolute atomic E-state index is 0.383. The third-order valence-electron chi connectivity index (χ3n) is 4.43. The third-order valence-corrected chi connectivity index (χ3v) is 5.39.